The molecule has 2 fully saturated rings. The van der Waals surface area contributed by atoms with E-state index in [0.717, 1.165) is 50.9 Å². The molecule has 4 rings (SSSR count). The van der Waals surface area contributed by atoms with Crippen LogP contribution in [0, 0.1) is 18.4 Å². The Balaban J connectivity index is 1.41. The first kappa shape index (κ1) is 23.1. The second kappa shape index (κ2) is 11.7. The van der Waals surface area contributed by atoms with Gasteiger partial charge in [0, 0.05) is 43.2 Å². The zero-order valence-corrected chi connectivity index (χ0v) is 18.8. The van der Waals surface area contributed by atoms with Gasteiger partial charge in [-0.05, 0) is 44.7 Å². The van der Waals surface area contributed by atoms with Crippen molar-refractivity contribution in [1.29, 1.82) is 0 Å². The molecule has 174 valence electrons. The lowest BCUT2D eigenvalue weighted by Crippen LogP contribution is -2.28. The maximum atomic E-state index is 12.7. The Morgan fingerprint density at radius 2 is 2.00 bits per heavy atom. The Morgan fingerprint density at radius 1 is 1.15 bits per heavy atom. The second-order valence-electron chi connectivity index (χ2n) is 8.66. The molecule has 2 aliphatic heterocycles. The molecule has 2 aromatic heterocycles. The lowest BCUT2D eigenvalue weighted by atomic mass is 9.91. The zero-order valence-electron chi connectivity index (χ0n) is 18.8. The summed E-state index contributed by atoms with van der Waals surface area (Å²) in [4.78, 5) is 28.6. The summed E-state index contributed by atoms with van der Waals surface area (Å²) in [6, 6.07) is 1.80. The first-order valence-corrected chi connectivity index (χ1v) is 11.6. The summed E-state index contributed by atoms with van der Waals surface area (Å²) in [6.45, 7) is 11.1. The average Bonchev–Trinajstić information content (AvgIpc) is 3.38. The summed E-state index contributed by atoms with van der Waals surface area (Å²) in [5.74, 6) is 3.11. The van der Waals surface area contributed by atoms with Crippen molar-refractivity contribution in [3.05, 3.63) is 41.6 Å². The lowest BCUT2D eigenvalue weighted by molar-refractivity contribution is -0.118. The molecular formula is C24H30N6O3. The summed E-state index contributed by atoms with van der Waals surface area (Å²) in [5.41, 5.74) is 0.796. The molecule has 0 saturated carbocycles. The first-order chi connectivity index (χ1) is 16.2. The SMILES string of the molecule is [C-]#[N+]c1cnc(Nc2cc(OCC3CCOC3)c(CC(=O)CCC3CCNCC3)cn2)cn1. The van der Waals surface area contributed by atoms with Crippen molar-refractivity contribution in [3.63, 3.8) is 0 Å². The Bertz CT molecular complexity index is 963. The van der Waals surface area contributed by atoms with Crippen molar-refractivity contribution in [2.75, 3.05) is 38.2 Å². The molecule has 0 aromatic carbocycles. The zero-order chi connectivity index (χ0) is 22.9. The number of anilines is 2. The van der Waals surface area contributed by atoms with Crippen LogP contribution >= 0.6 is 0 Å². The smallest absolute Gasteiger partial charge is 0.288 e. The van der Waals surface area contributed by atoms with Crippen LogP contribution in [0.25, 0.3) is 4.85 Å². The van der Waals surface area contributed by atoms with E-state index in [1.54, 1.807) is 12.3 Å². The monoisotopic (exact) mass is 450 g/mol. The van der Waals surface area contributed by atoms with Crippen LogP contribution in [0.3, 0.4) is 0 Å². The number of nitrogens with one attached hydrogen (secondary N) is 2. The van der Waals surface area contributed by atoms with Gasteiger partial charge in [-0.1, -0.05) is 6.57 Å². The number of ether oxygens (including phenoxy) is 2. The van der Waals surface area contributed by atoms with Crippen LogP contribution in [0.2, 0.25) is 0 Å². The van der Waals surface area contributed by atoms with Gasteiger partial charge < -0.3 is 25.0 Å². The number of carbonyl (C=O) groups excluding carboxylic acids is 1. The molecule has 9 heteroatoms. The normalized spacial score (nSPS) is 18.6. The molecule has 2 N–H and O–H groups in total. The molecule has 0 spiro atoms. The Hall–Kier alpha value is -3.09. The topological polar surface area (TPSA) is 103 Å². The molecule has 0 radical (unpaired) electrons. The summed E-state index contributed by atoms with van der Waals surface area (Å²) in [6.07, 6.45) is 9.71. The van der Waals surface area contributed by atoms with E-state index >= 15 is 0 Å². The highest BCUT2D eigenvalue weighted by Crippen LogP contribution is 2.26. The molecule has 4 heterocycles. The fraction of sp³-hybridized carbons (Fsp3) is 0.542. The van der Waals surface area contributed by atoms with E-state index in [9.17, 15) is 4.79 Å². The number of rotatable bonds is 10. The number of piperidine rings is 1. The highest BCUT2D eigenvalue weighted by atomic mass is 16.5. The van der Waals surface area contributed by atoms with Crippen molar-refractivity contribution in [2.45, 2.75) is 38.5 Å². The number of nitrogens with zero attached hydrogens (tertiary/aromatic N) is 4. The van der Waals surface area contributed by atoms with Crippen LogP contribution in [-0.4, -0.2) is 53.6 Å². The van der Waals surface area contributed by atoms with Crippen LogP contribution in [0.5, 0.6) is 5.75 Å². The van der Waals surface area contributed by atoms with E-state index in [4.69, 9.17) is 16.0 Å². The largest absolute Gasteiger partial charge is 0.493 e. The number of hydrogen-bond donors (Lipinski definition) is 2. The summed E-state index contributed by atoms with van der Waals surface area (Å²) in [7, 11) is 0. The molecule has 2 aromatic rings. The molecule has 0 bridgehead atoms. The molecule has 2 saturated heterocycles. The van der Waals surface area contributed by atoms with Crippen LogP contribution in [-0.2, 0) is 16.0 Å². The third kappa shape index (κ3) is 6.94. The average molecular weight is 451 g/mol. The summed E-state index contributed by atoms with van der Waals surface area (Å²) >= 11 is 0. The molecular weight excluding hydrogens is 420 g/mol. The summed E-state index contributed by atoms with van der Waals surface area (Å²) in [5, 5.41) is 6.46. The predicted octanol–water partition coefficient (Wildman–Crippen LogP) is 3.47. The van der Waals surface area contributed by atoms with E-state index in [0.29, 0.717) is 55.3 Å². The molecule has 0 aliphatic carbocycles. The minimum absolute atomic E-state index is 0.214. The maximum Gasteiger partial charge on any atom is 0.288 e. The van der Waals surface area contributed by atoms with E-state index in [1.807, 2.05) is 0 Å². The van der Waals surface area contributed by atoms with Crippen molar-refractivity contribution in [2.24, 2.45) is 11.8 Å². The number of pyridine rings is 1. The first-order valence-electron chi connectivity index (χ1n) is 11.6. The van der Waals surface area contributed by atoms with Crippen molar-refractivity contribution in [3.8, 4) is 5.75 Å². The van der Waals surface area contributed by atoms with Gasteiger partial charge >= 0.3 is 0 Å². The molecule has 9 nitrogen and oxygen atoms in total. The van der Waals surface area contributed by atoms with Gasteiger partial charge in [0.2, 0.25) is 0 Å². The number of carbonyl (C=O) groups is 1. The Labute approximate surface area is 194 Å². The van der Waals surface area contributed by atoms with Gasteiger partial charge in [-0.2, -0.15) is 0 Å². The van der Waals surface area contributed by atoms with Crippen LogP contribution < -0.4 is 15.4 Å². The molecule has 33 heavy (non-hydrogen) atoms. The van der Waals surface area contributed by atoms with Gasteiger partial charge in [-0.25, -0.2) is 9.97 Å². The number of hydrogen-bond acceptors (Lipinski definition) is 8. The van der Waals surface area contributed by atoms with Gasteiger partial charge in [0.25, 0.3) is 5.82 Å². The van der Waals surface area contributed by atoms with Gasteiger partial charge in [-0.3, -0.25) is 4.79 Å². The minimum Gasteiger partial charge on any atom is -0.493 e. The lowest BCUT2D eigenvalue weighted by Gasteiger charge is -2.22. The van der Waals surface area contributed by atoms with E-state index in [-0.39, 0.29) is 11.6 Å². The fourth-order valence-corrected chi connectivity index (χ4v) is 4.13. The second-order valence-corrected chi connectivity index (χ2v) is 8.66. The third-order valence-electron chi connectivity index (χ3n) is 6.13. The molecule has 1 atom stereocenters. The van der Waals surface area contributed by atoms with Gasteiger partial charge in [-0.15, -0.1) is 4.98 Å². The van der Waals surface area contributed by atoms with E-state index in [1.165, 1.54) is 12.4 Å². The summed E-state index contributed by atoms with van der Waals surface area (Å²) < 4.78 is 11.6. The van der Waals surface area contributed by atoms with E-state index in [2.05, 4.69) is 30.4 Å². The Morgan fingerprint density at radius 3 is 2.73 bits per heavy atom. The standard InChI is InChI=1S/C24H30N6O3/c1-25-23-13-29-24(14-28-23)30-22-11-21(33-16-18-6-9-32-15-18)19(12-27-22)10-20(31)3-2-17-4-7-26-8-5-17/h11-14,17-18,26H,2-10,15-16H2,(H,27,29,30). The van der Waals surface area contributed by atoms with Gasteiger partial charge in [0.05, 0.1) is 19.4 Å². The van der Waals surface area contributed by atoms with Gasteiger partial charge in [0.1, 0.15) is 17.4 Å². The third-order valence-corrected chi connectivity index (χ3v) is 6.13. The van der Waals surface area contributed by atoms with Crippen molar-refractivity contribution < 1.29 is 14.3 Å². The molecule has 0 amide bonds. The highest BCUT2D eigenvalue weighted by molar-refractivity contribution is 5.81. The number of aromatic nitrogens is 3. The quantitative estimate of drug-likeness (QED) is 0.531. The van der Waals surface area contributed by atoms with E-state index < -0.39 is 0 Å². The van der Waals surface area contributed by atoms with Crippen molar-refractivity contribution in [1.82, 2.24) is 20.3 Å². The minimum atomic E-state index is 0.214. The van der Waals surface area contributed by atoms with Gasteiger partial charge in [0.15, 0.2) is 12.0 Å². The van der Waals surface area contributed by atoms with Crippen LogP contribution in [0.1, 0.15) is 37.7 Å². The maximum absolute atomic E-state index is 12.7. The van der Waals surface area contributed by atoms with Crippen LogP contribution in [0.15, 0.2) is 24.7 Å². The molecule has 2 aliphatic rings. The molecule has 1 unspecified atom stereocenters. The van der Waals surface area contributed by atoms with Crippen LogP contribution in [0.4, 0.5) is 17.5 Å². The number of Topliss-reactive ketones (excluding diaryl/α,β-unsaturated/α-hetero) is 1. The highest BCUT2D eigenvalue weighted by Gasteiger charge is 2.19. The van der Waals surface area contributed by atoms with Crippen molar-refractivity contribution >= 4 is 23.2 Å². The Kier molecular flexibility index (Phi) is 8.17. The predicted molar refractivity (Wildman–Crippen MR) is 124 cm³/mol. The number of ketones is 1. The fourth-order valence-electron chi connectivity index (χ4n) is 4.13.